The molecular formula is C25H26N2O6S. The zero-order valence-corrected chi connectivity index (χ0v) is 20.1. The van der Waals surface area contributed by atoms with E-state index in [1.165, 1.54) is 14.0 Å². The van der Waals surface area contributed by atoms with Crippen LogP contribution in [0, 0.1) is 6.92 Å². The molecule has 0 saturated carbocycles. The molecule has 34 heavy (non-hydrogen) atoms. The number of benzene rings is 3. The summed E-state index contributed by atoms with van der Waals surface area (Å²) in [7, 11) is -2.53. The third kappa shape index (κ3) is 5.74. The van der Waals surface area contributed by atoms with Gasteiger partial charge in [0.2, 0.25) is 15.9 Å². The Labute approximate surface area is 199 Å². The van der Waals surface area contributed by atoms with Crippen LogP contribution in [-0.2, 0) is 19.6 Å². The topological polar surface area (TPSA) is 102 Å². The smallest absolute Gasteiger partial charge is 0.338 e. The molecule has 178 valence electrons. The van der Waals surface area contributed by atoms with Gasteiger partial charge in [-0.1, -0.05) is 24.3 Å². The van der Waals surface area contributed by atoms with Crippen molar-refractivity contribution in [3.63, 3.8) is 0 Å². The maximum Gasteiger partial charge on any atom is 0.338 e. The van der Waals surface area contributed by atoms with E-state index in [2.05, 4.69) is 5.32 Å². The van der Waals surface area contributed by atoms with Gasteiger partial charge >= 0.3 is 5.97 Å². The number of esters is 1. The normalized spacial score (nSPS) is 11.9. The molecule has 1 atom stereocenters. The van der Waals surface area contributed by atoms with Gasteiger partial charge in [-0.15, -0.1) is 0 Å². The zero-order valence-electron chi connectivity index (χ0n) is 19.3. The molecule has 0 radical (unpaired) electrons. The van der Waals surface area contributed by atoms with Crippen LogP contribution in [0.4, 0.5) is 11.4 Å². The number of carbonyl (C=O) groups is 2. The van der Waals surface area contributed by atoms with Crippen molar-refractivity contribution >= 4 is 33.3 Å². The molecule has 9 heteroatoms. The molecule has 3 rings (SSSR count). The third-order valence-electron chi connectivity index (χ3n) is 5.16. The molecule has 1 N–H and O–H groups in total. The number of nitrogens with zero attached hydrogens (tertiary/aromatic N) is 1. The van der Waals surface area contributed by atoms with Gasteiger partial charge in [0.15, 0.2) is 0 Å². The lowest BCUT2D eigenvalue weighted by Gasteiger charge is -2.28. The molecule has 3 aromatic carbocycles. The van der Waals surface area contributed by atoms with Crippen LogP contribution in [0.2, 0.25) is 0 Å². The van der Waals surface area contributed by atoms with Gasteiger partial charge in [-0.05, 0) is 67.9 Å². The second kappa shape index (κ2) is 10.4. The summed E-state index contributed by atoms with van der Waals surface area (Å²) in [5.74, 6) is 0.0839. The first-order chi connectivity index (χ1) is 16.1. The summed E-state index contributed by atoms with van der Waals surface area (Å²) in [5, 5.41) is 2.72. The van der Waals surface area contributed by atoms with Gasteiger partial charge in [-0.2, -0.15) is 0 Å². The van der Waals surface area contributed by atoms with Crippen molar-refractivity contribution in [3.8, 4) is 11.5 Å². The molecule has 0 spiro atoms. The van der Waals surface area contributed by atoms with E-state index in [0.717, 1.165) is 10.6 Å². The largest absolute Gasteiger partial charge is 0.465 e. The monoisotopic (exact) mass is 482 g/mol. The van der Waals surface area contributed by atoms with E-state index >= 15 is 0 Å². The van der Waals surface area contributed by atoms with Gasteiger partial charge in [0, 0.05) is 5.69 Å². The number of carbonyl (C=O) groups excluding carboxylic acids is 2. The number of sulfonamides is 1. The van der Waals surface area contributed by atoms with Crippen molar-refractivity contribution in [2.45, 2.75) is 19.9 Å². The fourth-order valence-electron chi connectivity index (χ4n) is 3.43. The number of ether oxygens (including phenoxy) is 2. The molecule has 0 aliphatic carbocycles. The second-order valence-electron chi connectivity index (χ2n) is 7.60. The van der Waals surface area contributed by atoms with Crippen molar-refractivity contribution in [2.24, 2.45) is 0 Å². The fourth-order valence-corrected chi connectivity index (χ4v) is 4.61. The van der Waals surface area contributed by atoms with E-state index in [4.69, 9.17) is 9.47 Å². The quantitative estimate of drug-likeness (QED) is 0.479. The van der Waals surface area contributed by atoms with Crippen LogP contribution in [0.15, 0.2) is 72.8 Å². The zero-order chi connectivity index (χ0) is 24.9. The summed E-state index contributed by atoms with van der Waals surface area (Å²) >= 11 is 0. The number of para-hydroxylation sites is 1. The van der Waals surface area contributed by atoms with Gasteiger partial charge in [-0.3, -0.25) is 9.10 Å². The average Bonchev–Trinajstić information content (AvgIpc) is 2.81. The van der Waals surface area contributed by atoms with E-state index < -0.39 is 27.9 Å². The summed E-state index contributed by atoms with van der Waals surface area (Å²) in [6.45, 7) is 3.16. The molecule has 3 aromatic rings. The molecule has 0 aromatic heterocycles. The minimum Gasteiger partial charge on any atom is -0.465 e. The SMILES string of the molecule is COC(=O)c1cccc(NC(=O)[C@H](C)N(c2ccc(Oc3ccccc3)cc2)S(C)(=O)=O)c1C. The molecule has 8 nitrogen and oxygen atoms in total. The number of hydrogen-bond acceptors (Lipinski definition) is 6. The Hall–Kier alpha value is -3.85. The number of hydrogen-bond donors (Lipinski definition) is 1. The van der Waals surface area contributed by atoms with E-state index in [0.29, 0.717) is 34.0 Å². The predicted octanol–water partition coefficient (Wildman–Crippen LogP) is 4.37. The maximum atomic E-state index is 13.0. The highest BCUT2D eigenvalue weighted by Gasteiger charge is 2.29. The van der Waals surface area contributed by atoms with Crippen LogP contribution in [-0.4, -0.2) is 39.7 Å². The minimum absolute atomic E-state index is 0.307. The average molecular weight is 483 g/mol. The molecular weight excluding hydrogens is 456 g/mol. The lowest BCUT2D eigenvalue weighted by Crippen LogP contribution is -2.45. The van der Waals surface area contributed by atoms with E-state index in [1.807, 2.05) is 18.2 Å². The highest BCUT2D eigenvalue weighted by atomic mass is 32.2. The highest BCUT2D eigenvalue weighted by Crippen LogP contribution is 2.28. The number of nitrogens with one attached hydrogen (secondary N) is 1. The lowest BCUT2D eigenvalue weighted by atomic mass is 10.1. The third-order valence-corrected chi connectivity index (χ3v) is 6.40. The molecule has 0 fully saturated rings. The fraction of sp³-hybridized carbons (Fsp3) is 0.200. The Kier molecular flexibility index (Phi) is 7.57. The highest BCUT2D eigenvalue weighted by molar-refractivity contribution is 7.92. The first kappa shape index (κ1) is 24.8. The van der Waals surface area contributed by atoms with Crippen molar-refractivity contribution in [2.75, 3.05) is 23.0 Å². The number of anilines is 2. The Morgan fingerprint density at radius 2 is 1.53 bits per heavy atom. The summed E-state index contributed by atoms with van der Waals surface area (Å²) < 4.78 is 36.8. The second-order valence-corrected chi connectivity index (χ2v) is 9.46. The minimum atomic E-state index is -3.80. The number of rotatable bonds is 8. The van der Waals surface area contributed by atoms with Crippen LogP contribution >= 0.6 is 0 Å². The van der Waals surface area contributed by atoms with E-state index in [9.17, 15) is 18.0 Å². The molecule has 0 saturated heterocycles. The molecule has 0 bridgehead atoms. The Morgan fingerprint density at radius 1 is 0.912 bits per heavy atom. The maximum absolute atomic E-state index is 13.0. The lowest BCUT2D eigenvalue weighted by molar-refractivity contribution is -0.116. The molecule has 1 amide bonds. The van der Waals surface area contributed by atoms with Crippen molar-refractivity contribution in [1.29, 1.82) is 0 Å². The Balaban J connectivity index is 1.83. The van der Waals surface area contributed by atoms with Crippen LogP contribution in [0.5, 0.6) is 11.5 Å². The standard InChI is InChI=1S/C25H26N2O6S/c1-17-22(25(29)32-3)11-8-12-23(17)26-24(28)18(2)27(34(4,30)31)19-13-15-21(16-14-19)33-20-9-6-5-7-10-20/h5-16,18H,1-4H3,(H,26,28)/t18-/m0/s1. The summed E-state index contributed by atoms with van der Waals surface area (Å²) in [5.41, 5.74) is 1.52. The molecule has 0 aliphatic heterocycles. The number of methoxy groups -OCH3 is 1. The number of amides is 1. The van der Waals surface area contributed by atoms with Gasteiger partial charge in [0.05, 0.1) is 24.6 Å². The first-order valence-electron chi connectivity index (χ1n) is 10.4. The predicted molar refractivity (Wildman–Crippen MR) is 131 cm³/mol. The summed E-state index contributed by atoms with van der Waals surface area (Å²) in [6, 6.07) is 19.4. The summed E-state index contributed by atoms with van der Waals surface area (Å²) in [4.78, 5) is 25.0. The molecule has 0 heterocycles. The van der Waals surface area contributed by atoms with Gasteiger partial charge in [0.1, 0.15) is 17.5 Å². The van der Waals surface area contributed by atoms with Crippen LogP contribution in [0.1, 0.15) is 22.8 Å². The van der Waals surface area contributed by atoms with Crippen LogP contribution in [0.25, 0.3) is 0 Å². The summed E-state index contributed by atoms with van der Waals surface area (Å²) in [6.07, 6.45) is 1.04. The van der Waals surface area contributed by atoms with E-state index in [-0.39, 0.29) is 0 Å². The van der Waals surface area contributed by atoms with E-state index in [1.54, 1.807) is 61.5 Å². The Bertz CT molecular complexity index is 1270. The van der Waals surface area contributed by atoms with Gasteiger partial charge in [0.25, 0.3) is 0 Å². The van der Waals surface area contributed by atoms with Crippen LogP contribution in [0.3, 0.4) is 0 Å². The molecule has 0 unspecified atom stereocenters. The molecule has 0 aliphatic rings. The van der Waals surface area contributed by atoms with Crippen molar-refractivity contribution < 1.29 is 27.5 Å². The van der Waals surface area contributed by atoms with Crippen molar-refractivity contribution in [3.05, 3.63) is 83.9 Å². The van der Waals surface area contributed by atoms with Gasteiger partial charge in [-0.25, -0.2) is 13.2 Å². The van der Waals surface area contributed by atoms with Crippen LogP contribution < -0.4 is 14.4 Å². The first-order valence-corrected chi connectivity index (χ1v) is 12.3. The van der Waals surface area contributed by atoms with Gasteiger partial charge < -0.3 is 14.8 Å². The Morgan fingerprint density at radius 3 is 2.12 bits per heavy atom. The van der Waals surface area contributed by atoms with Crippen molar-refractivity contribution in [1.82, 2.24) is 0 Å².